The minimum absolute atomic E-state index is 0. The maximum Gasteiger partial charge on any atom is 2.00 e. The maximum absolute atomic E-state index is 11.5. The van der Waals surface area contributed by atoms with Crippen LogP contribution in [0.2, 0.25) is 0 Å². The zero-order chi connectivity index (χ0) is 21.5. The average Bonchev–Trinajstić information content (AvgIpc) is 3.57. The van der Waals surface area contributed by atoms with Crippen molar-refractivity contribution in [1.82, 2.24) is 9.97 Å². The van der Waals surface area contributed by atoms with Gasteiger partial charge in [-0.05, 0) is 18.2 Å². The Morgan fingerprint density at radius 3 is 2.00 bits per heavy atom. The number of rotatable bonds is 4. The van der Waals surface area contributed by atoms with Crippen molar-refractivity contribution in [2.75, 3.05) is 0 Å². The van der Waals surface area contributed by atoms with Crippen molar-refractivity contribution in [3.8, 4) is 33.9 Å². The van der Waals surface area contributed by atoms with Crippen molar-refractivity contribution < 1.29 is 21.9 Å². The molecule has 0 unspecified atom stereocenters. The molecule has 0 saturated carbocycles. The van der Waals surface area contributed by atoms with Crippen molar-refractivity contribution in [1.29, 1.82) is 0 Å². The van der Waals surface area contributed by atoms with Gasteiger partial charge in [0.05, 0.1) is 0 Å². The molecule has 0 fully saturated rings. The Balaban J connectivity index is 0.000000427. The van der Waals surface area contributed by atoms with Gasteiger partial charge >= 0.3 is 17.1 Å². The molecule has 1 heterocycles. The Hall–Kier alpha value is -3.59. The number of carbonyl (C=O) groups is 1. The second kappa shape index (κ2) is 11.1. The molecule has 4 heteroatoms. The molecule has 3 nitrogen and oxygen atoms in total. The third-order valence-electron chi connectivity index (χ3n) is 4.86. The summed E-state index contributed by atoms with van der Waals surface area (Å²) in [6.07, 6.45) is 0. The van der Waals surface area contributed by atoms with E-state index in [4.69, 9.17) is 9.97 Å². The largest absolute Gasteiger partial charge is 2.00 e. The molecule has 5 aromatic rings. The summed E-state index contributed by atoms with van der Waals surface area (Å²) in [6, 6.07) is 37.6. The number of carbonyl (C=O) groups excluding carboxylic acids is 1. The summed E-state index contributed by atoms with van der Waals surface area (Å²) in [5, 5.41) is 0. The predicted molar refractivity (Wildman–Crippen MR) is 126 cm³/mol. The first-order valence-corrected chi connectivity index (χ1v) is 10.2. The number of Topliss-reactive ketones (excluding diaryl/α,β-unsaturated/α-hetero) is 1. The van der Waals surface area contributed by atoms with Gasteiger partial charge < -0.3 is 0 Å². The zero-order valence-corrected chi connectivity index (χ0v) is 18.7. The summed E-state index contributed by atoms with van der Waals surface area (Å²) in [5.41, 5.74) is 5.44. The van der Waals surface area contributed by atoms with Crippen LogP contribution in [0, 0.1) is 0 Å². The van der Waals surface area contributed by atoms with Crippen LogP contribution < -0.4 is 0 Å². The van der Waals surface area contributed by atoms with E-state index in [-0.39, 0.29) is 22.9 Å². The Bertz CT molecular complexity index is 1210. The molecule has 5 rings (SSSR count). The summed E-state index contributed by atoms with van der Waals surface area (Å²) >= 11 is 0. The number of ketones is 1. The van der Waals surface area contributed by atoms with Crippen LogP contribution in [-0.4, -0.2) is 15.8 Å². The van der Waals surface area contributed by atoms with E-state index in [9.17, 15) is 4.79 Å². The first-order valence-electron chi connectivity index (χ1n) is 10.2. The Labute approximate surface area is 199 Å². The van der Waals surface area contributed by atoms with E-state index in [0.29, 0.717) is 11.4 Å². The number of hydrogen-bond donors (Lipinski definition) is 0. The van der Waals surface area contributed by atoms with Crippen molar-refractivity contribution in [3.63, 3.8) is 0 Å². The third-order valence-corrected chi connectivity index (χ3v) is 4.86. The van der Waals surface area contributed by atoms with Crippen molar-refractivity contribution in [2.24, 2.45) is 0 Å². The maximum atomic E-state index is 11.5. The van der Waals surface area contributed by atoms with E-state index in [1.54, 1.807) is 6.92 Å². The molecule has 0 atom stereocenters. The van der Waals surface area contributed by atoms with Gasteiger partial charge in [0, 0.05) is 16.8 Å². The molecule has 0 aliphatic carbocycles. The second-order valence-electron chi connectivity index (χ2n) is 7.10. The van der Waals surface area contributed by atoms with Gasteiger partial charge in [-0.1, -0.05) is 66.2 Å². The molecular formula is C28H22FeN2O. The molecule has 158 valence electrons. The van der Waals surface area contributed by atoms with Gasteiger partial charge in [0.25, 0.3) is 0 Å². The molecule has 0 radical (unpaired) electrons. The summed E-state index contributed by atoms with van der Waals surface area (Å²) in [5.74, 6) is 0.700. The summed E-state index contributed by atoms with van der Waals surface area (Å²) in [4.78, 5) is 21.0. The van der Waals surface area contributed by atoms with Gasteiger partial charge in [0.1, 0.15) is 0 Å². The van der Waals surface area contributed by atoms with Crippen LogP contribution in [0.4, 0.5) is 0 Å². The van der Waals surface area contributed by atoms with Crippen molar-refractivity contribution in [3.05, 3.63) is 121 Å². The molecule has 0 saturated heterocycles. The van der Waals surface area contributed by atoms with E-state index < -0.39 is 0 Å². The van der Waals surface area contributed by atoms with Crippen LogP contribution in [0.5, 0.6) is 0 Å². The van der Waals surface area contributed by atoms with Gasteiger partial charge in [-0.3, -0.25) is 4.79 Å². The fourth-order valence-corrected chi connectivity index (χ4v) is 3.20. The molecule has 0 aliphatic rings. The molecule has 32 heavy (non-hydrogen) atoms. The quantitative estimate of drug-likeness (QED) is 0.169. The molecule has 0 amide bonds. The molecule has 4 aromatic carbocycles. The van der Waals surface area contributed by atoms with Gasteiger partial charge in [-0.25, -0.2) is 22.1 Å². The molecular weight excluding hydrogens is 436 g/mol. The van der Waals surface area contributed by atoms with Gasteiger partial charge in [0.2, 0.25) is 0 Å². The van der Waals surface area contributed by atoms with Crippen LogP contribution in [0.25, 0.3) is 33.9 Å². The average molecular weight is 458 g/mol. The van der Waals surface area contributed by atoms with E-state index in [0.717, 1.165) is 28.1 Å². The third kappa shape index (κ3) is 5.76. The first kappa shape index (κ1) is 23.1. The van der Waals surface area contributed by atoms with Gasteiger partial charge in [-0.15, -0.1) is 12.1 Å². The van der Waals surface area contributed by atoms with Gasteiger partial charge in [0.15, 0.2) is 11.6 Å². The normalized spacial score (nSPS) is 9.91. The van der Waals surface area contributed by atoms with Crippen LogP contribution in [0.3, 0.4) is 0 Å². The minimum atomic E-state index is 0. The first-order chi connectivity index (χ1) is 15.2. The van der Waals surface area contributed by atoms with E-state index in [2.05, 4.69) is 0 Å². The fraction of sp³-hybridized carbons (Fsp3) is 0.0357. The van der Waals surface area contributed by atoms with Crippen LogP contribution in [-0.2, 0) is 17.1 Å². The molecule has 0 N–H and O–H groups in total. The predicted octanol–water partition coefficient (Wildman–Crippen LogP) is 6.80. The standard InChI is InChI=1S/C23H17N2O.C5H5.Fe/c1-16(26)17-11-13-20(14-12-17)23-24-21(18-7-3-2-4-8-18)15-22(25-23)19-9-5-6-10-19;1-2-4-5-3-1;/h2-15H,1H3;1-5H;/q2*-1;+2. The fourth-order valence-electron chi connectivity index (χ4n) is 3.20. The Kier molecular flexibility index (Phi) is 8.04. The summed E-state index contributed by atoms with van der Waals surface area (Å²) in [6.45, 7) is 1.56. The van der Waals surface area contributed by atoms with Crippen LogP contribution >= 0.6 is 0 Å². The summed E-state index contributed by atoms with van der Waals surface area (Å²) < 4.78 is 0. The number of benzene rings is 2. The topological polar surface area (TPSA) is 42.9 Å². The number of nitrogens with zero attached hydrogens (tertiary/aromatic N) is 2. The van der Waals surface area contributed by atoms with E-state index in [1.807, 2.05) is 115 Å². The van der Waals surface area contributed by atoms with Crippen molar-refractivity contribution in [2.45, 2.75) is 6.92 Å². The molecule has 0 bridgehead atoms. The van der Waals surface area contributed by atoms with Gasteiger partial charge in [-0.2, -0.15) is 30.3 Å². The molecule has 0 spiro atoms. The monoisotopic (exact) mass is 458 g/mol. The van der Waals surface area contributed by atoms with E-state index >= 15 is 0 Å². The van der Waals surface area contributed by atoms with E-state index in [1.165, 1.54) is 0 Å². The smallest absolute Gasteiger partial charge is 0.295 e. The minimum Gasteiger partial charge on any atom is -0.295 e. The molecule has 0 aliphatic heterocycles. The summed E-state index contributed by atoms with van der Waals surface area (Å²) in [7, 11) is 0. The molecule has 1 aromatic heterocycles. The zero-order valence-electron chi connectivity index (χ0n) is 17.6. The van der Waals surface area contributed by atoms with Crippen LogP contribution in [0.1, 0.15) is 17.3 Å². The van der Waals surface area contributed by atoms with Crippen molar-refractivity contribution >= 4 is 5.78 Å². The number of hydrogen-bond acceptors (Lipinski definition) is 3. The number of aromatic nitrogens is 2. The Morgan fingerprint density at radius 1 is 0.781 bits per heavy atom. The van der Waals surface area contributed by atoms with Crippen LogP contribution in [0.15, 0.2) is 115 Å². The Morgan fingerprint density at radius 2 is 1.44 bits per heavy atom. The SMILES string of the molecule is CC(=O)c1ccc(-c2nc(-c3ccccc3)cc(-[c-]3cccc3)n2)cc1.[Fe+2].c1cc[cH-]c1. The second-order valence-corrected chi connectivity index (χ2v) is 7.10.